The summed E-state index contributed by atoms with van der Waals surface area (Å²) in [5, 5.41) is 0. The molecule has 0 unspecified atom stereocenters. The van der Waals surface area contributed by atoms with Crippen LogP contribution in [0.3, 0.4) is 0 Å². The third kappa shape index (κ3) is 2.10. The van der Waals surface area contributed by atoms with Crippen molar-refractivity contribution in [1.82, 2.24) is 4.98 Å². The van der Waals surface area contributed by atoms with E-state index in [2.05, 4.69) is 33.9 Å². The average Bonchev–Trinajstić information content (AvgIpc) is 2.86. The molecule has 1 aromatic heterocycles. The lowest BCUT2D eigenvalue weighted by Crippen LogP contribution is -2.28. The molecular weight excluding hydrogens is 370 g/mol. The molecule has 0 fully saturated rings. The molecule has 1 heterocycles. The first-order valence-electron chi connectivity index (χ1n) is 7.99. The highest BCUT2D eigenvalue weighted by Gasteiger charge is 2.48. The first-order valence-corrected chi connectivity index (χ1v) is 8.79. The Hall–Kier alpha value is -1.88. The summed E-state index contributed by atoms with van der Waals surface area (Å²) < 4.78 is 11.9. The number of hydrogen-bond donors (Lipinski definition) is 0. The summed E-state index contributed by atoms with van der Waals surface area (Å²) in [5.41, 5.74) is 4.00. The quantitative estimate of drug-likeness (QED) is 0.777. The molecule has 2 aromatic rings. The third-order valence-electron chi connectivity index (χ3n) is 5.34. The first-order chi connectivity index (χ1) is 11.5. The van der Waals surface area contributed by atoms with Gasteiger partial charge in [-0.25, -0.2) is 0 Å². The molecule has 124 valence electrons. The van der Waals surface area contributed by atoms with Crippen LogP contribution < -0.4 is 9.47 Å². The molecule has 0 saturated heterocycles. The molecule has 3 atom stereocenters. The monoisotopic (exact) mass is 387 g/mol. The van der Waals surface area contributed by atoms with Gasteiger partial charge in [0.2, 0.25) is 0 Å². The van der Waals surface area contributed by atoms with Gasteiger partial charge >= 0.3 is 0 Å². The number of Topliss-reactive ketones (excluding diaryl/α,β-unsaturated/α-hetero) is 1. The summed E-state index contributed by atoms with van der Waals surface area (Å²) in [6.07, 6.45) is 2.50. The van der Waals surface area contributed by atoms with Crippen LogP contribution in [0.15, 0.2) is 28.9 Å². The molecular formula is C19H18BrNO3. The van der Waals surface area contributed by atoms with E-state index in [0.29, 0.717) is 5.69 Å². The molecule has 4 nitrogen and oxygen atoms in total. The maximum atomic E-state index is 12.9. The lowest BCUT2D eigenvalue weighted by Gasteiger charge is -2.34. The molecule has 2 aliphatic rings. The fourth-order valence-electron chi connectivity index (χ4n) is 4.34. The van der Waals surface area contributed by atoms with E-state index in [0.717, 1.165) is 33.5 Å². The van der Waals surface area contributed by atoms with Crippen molar-refractivity contribution in [2.24, 2.45) is 5.92 Å². The van der Waals surface area contributed by atoms with E-state index >= 15 is 0 Å². The van der Waals surface area contributed by atoms with E-state index in [1.165, 1.54) is 5.56 Å². The van der Waals surface area contributed by atoms with E-state index in [4.69, 9.17) is 9.47 Å². The second-order valence-electron chi connectivity index (χ2n) is 6.48. The van der Waals surface area contributed by atoms with Crippen molar-refractivity contribution in [2.75, 3.05) is 14.2 Å². The normalized spacial score (nSPS) is 24.2. The molecule has 4 rings (SSSR count). The van der Waals surface area contributed by atoms with Gasteiger partial charge in [0.05, 0.1) is 14.2 Å². The largest absolute Gasteiger partial charge is 0.497 e. The molecule has 0 radical (unpaired) electrons. The predicted molar refractivity (Wildman–Crippen MR) is 94.2 cm³/mol. The van der Waals surface area contributed by atoms with Gasteiger partial charge in [0.25, 0.3) is 0 Å². The number of nitrogens with zero attached hydrogens (tertiary/aromatic N) is 1. The molecule has 5 heteroatoms. The minimum absolute atomic E-state index is 0.0726. The number of ether oxygens (including phenoxy) is 2. The van der Waals surface area contributed by atoms with Crippen molar-refractivity contribution in [3.05, 3.63) is 51.3 Å². The SMILES string of the molecule is COc1cc2c(c(OC)c1)[C@H](C)[C@H]1C(=O)c3ncc(Br)cc3[C@H]1C2. The Kier molecular flexibility index (Phi) is 3.64. The van der Waals surface area contributed by atoms with Gasteiger partial charge in [-0.1, -0.05) is 6.92 Å². The zero-order valence-electron chi connectivity index (χ0n) is 13.8. The number of benzene rings is 1. The molecule has 0 N–H and O–H groups in total. The summed E-state index contributed by atoms with van der Waals surface area (Å²) in [6.45, 7) is 2.11. The molecule has 0 saturated carbocycles. The number of ketones is 1. The Bertz CT molecular complexity index is 849. The van der Waals surface area contributed by atoms with Crippen molar-refractivity contribution < 1.29 is 14.3 Å². The number of rotatable bonds is 2. The maximum absolute atomic E-state index is 12.9. The highest BCUT2D eigenvalue weighted by molar-refractivity contribution is 9.10. The van der Waals surface area contributed by atoms with Crippen LogP contribution in [0.4, 0.5) is 0 Å². The summed E-state index contributed by atoms with van der Waals surface area (Å²) in [4.78, 5) is 17.3. The van der Waals surface area contributed by atoms with E-state index in [-0.39, 0.29) is 23.5 Å². The Balaban J connectivity index is 1.89. The van der Waals surface area contributed by atoms with Gasteiger partial charge < -0.3 is 9.47 Å². The van der Waals surface area contributed by atoms with Crippen molar-refractivity contribution in [3.63, 3.8) is 0 Å². The van der Waals surface area contributed by atoms with Crippen LogP contribution in [0.25, 0.3) is 0 Å². The van der Waals surface area contributed by atoms with E-state index in [1.54, 1.807) is 20.4 Å². The zero-order valence-corrected chi connectivity index (χ0v) is 15.4. The molecule has 0 spiro atoms. The van der Waals surface area contributed by atoms with Gasteiger partial charge in [0, 0.05) is 34.1 Å². The topological polar surface area (TPSA) is 48.4 Å². The van der Waals surface area contributed by atoms with Crippen LogP contribution in [-0.4, -0.2) is 25.0 Å². The number of aromatic nitrogens is 1. The minimum atomic E-state index is -0.0726. The smallest absolute Gasteiger partial charge is 0.185 e. The molecule has 24 heavy (non-hydrogen) atoms. The number of fused-ring (bicyclic) bond motifs is 4. The Morgan fingerprint density at radius 2 is 2.00 bits per heavy atom. The Morgan fingerprint density at radius 1 is 1.21 bits per heavy atom. The third-order valence-corrected chi connectivity index (χ3v) is 5.78. The number of halogens is 1. The Morgan fingerprint density at radius 3 is 2.71 bits per heavy atom. The number of hydrogen-bond acceptors (Lipinski definition) is 4. The Labute approximate surface area is 149 Å². The van der Waals surface area contributed by atoms with E-state index < -0.39 is 0 Å². The van der Waals surface area contributed by atoms with Gasteiger partial charge in [-0.2, -0.15) is 0 Å². The minimum Gasteiger partial charge on any atom is -0.497 e. The lowest BCUT2D eigenvalue weighted by atomic mass is 9.69. The second kappa shape index (κ2) is 5.59. The molecule has 2 aliphatic carbocycles. The maximum Gasteiger partial charge on any atom is 0.185 e. The number of carbonyl (C=O) groups is 1. The van der Waals surface area contributed by atoms with Gasteiger partial charge in [0.1, 0.15) is 17.2 Å². The number of methoxy groups -OCH3 is 2. The van der Waals surface area contributed by atoms with Crippen molar-refractivity contribution in [1.29, 1.82) is 0 Å². The van der Waals surface area contributed by atoms with Crippen molar-refractivity contribution >= 4 is 21.7 Å². The number of carbonyl (C=O) groups excluding carboxylic acids is 1. The fraction of sp³-hybridized carbons (Fsp3) is 0.368. The van der Waals surface area contributed by atoms with Gasteiger partial charge in [-0.15, -0.1) is 0 Å². The molecule has 0 bridgehead atoms. The standard InChI is InChI=1S/C19H18BrNO3/c1-9-16-10(4-12(23-2)7-15(16)24-3)5-13-14-6-11(20)8-21-18(14)19(22)17(9)13/h4,6-9,13,17H,5H2,1-3H3/t9-,13+,17+/m0/s1. The predicted octanol–water partition coefficient (Wildman–Crippen LogP) is 4.12. The van der Waals surface area contributed by atoms with Crippen LogP contribution in [0.1, 0.15) is 45.9 Å². The fourth-order valence-corrected chi connectivity index (χ4v) is 4.68. The van der Waals surface area contributed by atoms with Crippen molar-refractivity contribution in [2.45, 2.75) is 25.2 Å². The van der Waals surface area contributed by atoms with Crippen molar-refractivity contribution in [3.8, 4) is 11.5 Å². The van der Waals surface area contributed by atoms with E-state index in [9.17, 15) is 4.79 Å². The number of pyridine rings is 1. The first kappa shape index (κ1) is 15.6. The van der Waals surface area contributed by atoms with Crippen LogP contribution in [-0.2, 0) is 6.42 Å². The summed E-state index contributed by atoms with van der Waals surface area (Å²) in [6, 6.07) is 6.01. The summed E-state index contributed by atoms with van der Waals surface area (Å²) in [7, 11) is 3.32. The van der Waals surface area contributed by atoms with Crippen LogP contribution in [0.5, 0.6) is 11.5 Å². The van der Waals surface area contributed by atoms with Gasteiger partial charge in [-0.05, 0) is 51.5 Å². The van der Waals surface area contributed by atoms with Gasteiger partial charge in [-0.3, -0.25) is 9.78 Å². The van der Waals surface area contributed by atoms with E-state index in [1.807, 2.05) is 12.1 Å². The second-order valence-corrected chi connectivity index (χ2v) is 7.40. The van der Waals surface area contributed by atoms with Gasteiger partial charge in [0.15, 0.2) is 5.78 Å². The van der Waals surface area contributed by atoms with Crippen LogP contribution in [0.2, 0.25) is 0 Å². The average molecular weight is 388 g/mol. The lowest BCUT2D eigenvalue weighted by molar-refractivity contribution is 0.0895. The molecule has 0 amide bonds. The summed E-state index contributed by atoms with van der Waals surface area (Å²) in [5.74, 6) is 1.91. The van der Waals surface area contributed by atoms with Crippen LogP contribution in [0, 0.1) is 5.92 Å². The zero-order chi connectivity index (χ0) is 17.0. The highest BCUT2D eigenvalue weighted by Crippen LogP contribution is 2.53. The molecule has 0 aliphatic heterocycles. The summed E-state index contributed by atoms with van der Waals surface area (Å²) >= 11 is 3.48. The highest BCUT2D eigenvalue weighted by atomic mass is 79.9. The molecule has 1 aromatic carbocycles. The van der Waals surface area contributed by atoms with Crippen LogP contribution >= 0.6 is 15.9 Å².